The highest BCUT2D eigenvalue weighted by Crippen LogP contribution is 2.34. The minimum atomic E-state index is -0.124. The Morgan fingerprint density at radius 1 is 1.21 bits per heavy atom. The molecule has 1 aromatic heterocycles. The summed E-state index contributed by atoms with van der Waals surface area (Å²) in [5.74, 6) is 1.93. The van der Waals surface area contributed by atoms with E-state index in [0.717, 1.165) is 44.6 Å². The number of rotatable bonds is 5. The van der Waals surface area contributed by atoms with Crippen LogP contribution in [0.1, 0.15) is 37.0 Å². The van der Waals surface area contributed by atoms with Gasteiger partial charge in [-0.25, -0.2) is 4.98 Å². The van der Waals surface area contributed by atoms with Gasteiger partial charge in [0.15, 0.2) is 11.9 Å². The molecule has 0 saturated carbocycles. The van der Waals surface area contributed by atoms with Gasteiger partial charge in [-0.3, -0.25) is 9.69 Å². The molecule has 0 radical (unpaired) electrons. The highest BCUT2D eigenvalue weighted by atomic mass is 16.6. The fraction of sp³-hybridized carbons (Fsp3) is 0.455. The Bertz CT molecular complexity index is 801. The number of carbonyl (C=O) groups is 1. The number of benzene rings is 1. The maximum Gasteiger partial charge on any atom is 0.257 e. The zero-order valence-corrected chi connectivity index (χ0v) is 16.3. The predicted molar refractivity (Wildman–Crippen MR) is 106 cm³/mol. The Kier molecular flexibility index (Phi) is 5.76. The summed E-state index contributed by atoms with van der Waals surface area (Å²) >= 11 is 0. The maximum atomic E-state index is 11.1. The van der Waals surface area contributed by atoms with Crippen molar-refractivity contribution in [1.29, 1.82) is 0 Å². The van der Waals surface area contributed by atoms with Gasteiger partial charge in [0.1, 0.15) is 6.61 Å². The molecule has 4 rings (SSSR count). The summed E-state index contributed by atoms with van der Waals surface area (Å²) in [5, 5.41) is 2.94. The molecule has 1 atom stereocenters. The van der Waals surface area contributed by atoms with E-state index in [1.165, 1.54) is 5.56 Å². The number of ether oxygens (including phenoxy) is 2. The van der Waals surface area contributed by atoms with E-state index in [9.17, 15) is 4.79 Å². The van der Waals surface area contributed by atoms with Crippen molar-refractivity contribution >= 4 is 5.91 Å². The second-order valence-electron chi connectivity index (χ2n) is 7.62. The van der Waals surface area contributed by atoms with E-state index in [0.29, 0.717) is 24.2 Å². The molecule has 1 saturated heterocycles. The summed E-state index contributed by atoms with van der Waals surface area (Å²) in [5.41, 5.74) is 2.41. The fourth-order valence-corrected chi connectivity index (χ4v) is 3.81. The van der Waals surface area contributed by atoms with Crippen LogP contribution in [-0.4, -0.2) is 42.0 Å². The van der Waals surface area contributed by atoms with Gasteiger partial charge in [-0.1, -0.05) is 24.3 Å². The van der Waals surface area contributed by atoms with E-state index in [1.54, 1.807) is 13.1 Å². The van der Waals surface area contributed by atoms with E-state index < -0.39 is 0 Å². The van der Waals surface area contributed by atoms with Gasteiger partial charge in [0, 0.05) is 26.2 Å². The van der Waals surface area contributed by atoms with Crippen LogP contribution in [0.3, 0.4) is 0 Å². The number of aromatic nitrogens is 1. The van der Waals surface area contributed by atoms with Crippen LogP contribution in [0.5, 0.6) is 11.6 Å². The second kappa shape index (κ2) is 8.61. The van der Waals surface area contributed by atoms with Crippen molar-refractivity contribution < 1.29 is 14.3 Å². The number of hydrogen-bond acceptors (Lipinski definition) is 5. The fourth-order valence-electron chi connectivity index (χ4n) is 3.81. The van der Waals surface area contributed by atoms with Gasteiger partial charge in [0.05, 0.1) is 0 Å². The molecular formula is C22H27N3O3. The molecule has 0 aliphatic carbocycles. The Balaban J connectivity index is 1.28. The van der Waals surface area contributed by atoms with Crippen molar-refractivity contribution in [2.75, 3.05) is 26.2 Å². The summed E-state index contributed by atoms with van der Waals surface area (Å²) < 4.78 is 11.7. The summed E-state index contributed by atoms with van der Waals surface area (Å²) in [6, 6.07) is 12.3. The van der Waals surface area contributed by atoms with Crippen molar-refractivity contribution in [3.63, 3.8) is 0 Å². The lowest BCUT2D eigenvalue weighted by Crippen LogP contribution is -2.37. The van der Waals surface area contributed by atoms with Gasteiger partial charge in [-0.05, 0) is 55.1 Å². The largest absolute Gasteiger partial charge is 0.484 e. The Labute approximate surface area is 165 Å². The third-order valence-corrected chi connectivity index (χ3v) is 5.48. The lowest BCUT2D eigenvalue weighted by atomic mass is 9.96. The lowest BCUT2D eigenvalue weighted by molar-refractivity contribution is -0.119. The topological polar surface area (TPSA) is 63.7 Å². The summed E-state index contributed by atoms with van der Waals surface area (Å²) in [4.78, 5) is 17.8. The third kappa shape index (κ3) is 4.62. The van der Waals surface area contributed by atoms with Crippen LogP contribution in [0.15, 0.2) is 42.6 Å². The molecule has 148 valence electrons. The molecule has 2 aromatic rings. The number of piperidine rings is 1. The number of pyridine rings is 1. The number of nitrogens with zero attached hydrogens (tertiary/aromatic N) is 2. The van der Waals surface area contributed by atoms with Crippen LogP contribution in [0, 0.1) is 5.92 Å². The molecule has 1 unspecified atom stereocenters. The molecule has 6 nitrogen and oxygen atoms in total. The number of carbonyl (C=O) groups excluding carboxylic acids is 1. The van der Waals surface area contributed by atoms with E-state index >= 15 is 0 Å². The van der Waals surface area contributed by atoms with Gasteiger partial charge in [-0.2, -0.15) is 0 Å². The molecule has 0 spiro atoms. The lowest BCUT2D eigenvalue weighted by Gasteiger charge is -2.32. The summed E-state index contributed by atoms with van der Waals surface area (Å²) in [6.07, 6.45) is 3.87. The zero-order chi connectivity index (χ0) is 19.3. The number of fused-ring (bicyclic) bond motifs is 1. The highest BCUT2D eigenvalue weighted by Gasteiger charge is 2.23. The minimum absolute atomic E-state index is 0.0640. The van der Waals surface area contributed by atoms with Crippen LogP contribution in [0.4, 0.5) is 0 Å². The van der Waals surface area contributed by atoms with Crippen molar-refractivity contribution in [3.8, 4) is 11.6 Å². The van der Waals surface area contributed by atoms with Crippen LogP contribution in [-0.2, 0) is 11.3 Å². The first kappa shape index (κ1) is 18.7. The SMILES string of the molecule is CC(=O)NCC1CCN(Cc2ccc(C3COc4cccnc4O3)cc2)CC1. The molecule has 0 bridgehead atoms. The van der Waals surface area contributed by atoms with Gasteiger partial charge < -0.3 is 14.8 Å². The van der Waals surface area contributed by atoms with Crippen molar-refractivity contribution in [3.05, 3.63) is 53.7 Å². The van der Waals surface area contributed by atoms with Crippen LogP contribution < -0.4 is 14.8 Å². The monoisotopic (exact) mass is 381 g/mol. The second-order valence-corrected chi connectivity index (χ2v) is 7.62. The average molecular weight is 381 g/mol. The molecule has 28 heavy (non-hydrogen) atoms. The number of likely N-dealkylation sites (tertiary alicyclic amines) is 1. The Morgan fingerprint density at radius 2 is 2.00 bits per heavy atom. The molecule has 3 heterocycles. The number of amides is 1. The normalized spacial score (nSPS) is 20.0. The zero-order valence-electron chi connectivity index (χ0n) is 16.3. The maximum absolute atomic E-state index is 11.1. The summed E-state index contributed by atoms with van der Waals surface area (Å²) in [7, 11) is 0. The van der Waals surface area contributed by atoms with Gasteiger partial charge in [0.2, 0.25) is 5.91 Å². The van der Waals surface area contributed by atoms with Crippen molar-refractivity contribution in [2.24, 2.45) is 5.92 Å². The van der Waals surface area contributed by atoms with Crippen molar-refractivity contribution in [2.45, 2.75) is 32.4 Å². The molecule has 2 aliphatic rings. The standard InChI is InChI=1S/C22H27N3O3/c1-16(26)24-13-17-8-11-25(12-9-17)14-18-4-6-19(7-5-18)21-15-27-20-3-2-10-23-22(20)28-21/h2-7,10,17,21H,8-9,11-15H2,1H3,(H,24,26). The molecule has 1 N–H and O–H groups in total. The van der Waals surface area contributed by atoms with E-state index in [-0.39, 0.29) is 12.0 Å². The first-order valence-corrected chi connectivity index (χ1v) is 9.97. The molecular weight excluding hydrogens is 354 g/mol. The molecule has 1 fully saturated rings. The van der Waals surface area contributed by atoms with Crippen LogP contribution in [0.25, 0.3) is 0 Å². The number of nitrogens with one attached hydrogen (secondary N) is 1. The van der Waals surface area contributed by atoms with Crippen LogP contribution >= 0.6 is 0 Å². The van der Waals surface area contributed by atoms with Gasteiger partial charge in [0.25, 0.3) is 5.88 Å². The highest BCUT2D eigenvalue weighted by molar-refractivity contribution is 5.72. The number of hydrogen-bond donors (Lipinski definition) is 1. The van der Waals surface area contributed by atoms with Crippen molar-refractivity contribution in [1.82, 2.24) is 15.2 Å². The molecule has 6 heteroatoms. The predicted octanol–water partition coefficient (Wildman–Crippen LogP) is 2.94. The minimum Gasteiger partial charge on any atom is -0.484 e. The smallest absolute Gasteiger partial charge is 0.257 e. The van der Waals surface area contributed by atoms with Crippen LogP contribution in [0.2, 0.25) is 0 Å². The molecule has 2 aliphatic heterocycles. The summed E-state index contributed by atoms with van der Waals surface area (Å²) in [6.45, 7) is 6.00. The van der Waals surface area contributed by atoms with E-state index in [4.69, 9.17) is 9.47 Å². The van der Waals surface area contributed by atoms with E-state index in [2.05, 4.69) is 39.5 Å². The quantitative estimate of drug-likeness (QED) is 0.863. The van der Waals surface area contributed by atoms with Gasteiger partial charge >= 0.3 is 0 Å². The molecule has 1 amide bonds. The third-order valence-electron chi connectivity index (χ3n) is 5.48. The molecule has 1 aromatic carbocycles. The van der Waals surface area contributed by atoms with E-state index in [1.807, 2.05) is 12.1 Å². The Morgan fingerprint density at radius 3 is 2.75 bits per heavy atom. The first-order valence-electron chi connectivity index (χ1n) is 9.97. The van der Waals surface area contributed by atoms with Gasteiger partial charge in [-0.15, -0.1) is 0 Å². The average Bonchev–Trinajstić information content (AvgIpc) is 2.73. The Hall–Kier alpha value is -2.60. The first-order chi connectivity index (χ1) is 13.7.